The summed E-state index contributed by atoms with van der Waals surface area (Å²) in [5.41, 5.74) is 0.245. The van der Waals surface area contributed by atoms with E-state index in [1.54, 1.807) is 20.8 Å². The molecule has 0 spiro atoms. The summed E-state index contributed by atoms with van der Waals surface area (Å²) in [6, 6.07) is 6.62. The van der Waals surface area contributed by atoms with E-state index in [0.29, 0.717) is 13.0 Å². The van der Waals surface area contributed by atoms with Crippen molar-refractivity contribution in [2.75, 3.05) is 18.1 Å². The fourth-order valence-corrected chi connectivity index (χ4v) is 2.30. The Labute approximate surface area is 162 Å². The minimum Gasteiger partial charge on any atom is -0.494 e. The predicted octanol–water partition coefficient (Wildman–Crippen LogP) is 3.50. The van der Waals surface area contributed by atoms with Crippen LogP contribution in [0.5, 0.6) is 5.75 Å². The van der Waals surface area contributed by atoms with Crippen molar-refractivity contribution in [2.24, 2.45) is 0 Å². The number of ether oxygens (including phenoxy) is 3. The van der Waals surface area contributed by atoms with Crippen molar-refractivity contribution in [3.63, 3.8) is 0 Å². The van der Waals surface area contributed by atoms with Crippen LogP contribution in [-0.2, 0) is 20.7 Å². The van der Waals surface area contributed by atoms with Gasteiger partial charge in [-0.2, -0.15) is 0 Å². The number of hydrogen-bond donors (Lipinski definition) is 1. The summed E-state index contributed by atoms with van der Waals surface area (Å²) < 4.78 is 16.6. The number of benzene rings is 1. The molecule has 25 heavy (non-hydrogen) atoms. The Bertz CT molecular complexity index is 554. The second-order valence-corrected chi connectivity index (χ2v) is 7.54. The van der Waals surface area contributed by atoms with Crippen LogP contribution in [0.25, 0.3) is 0 Å². The van der Waals surface area contributed by atoms with Gasteiger partial charge in [0.25, 0.3) is 0 Å². The summed E-state index contributed by atoms with van der Waals surface area (Å²) in [7, 11) is 1.29. The van der Waals surface area contributed by atoms with Gasteiger partial charge < -0.3 is 19.5 Å². The third-order valence-electron chi connectivity index (χ3n) is 3.09. The largest absolute Gasteiger partial charge is 0.494 e. The highest BCUT2D eigenvalue weighted by Gasteiger charge is 2.25. The Morgan fingerprint density at radius 2 is 1.84 bits per heavy atom. The summed E-state index contributed by atoms with van der Waals surface area (Å²) in [4.78, 5) is 23.9. The first kappa shape index (κ1) is 21.5. The molecule has 1 N–H and O–H groups in total. The quantitative estimate of drug-likeness (QED) is 0.277. The Morgan fingerprint density at radius 3 is 2.36 bits per heavy atom. The summed E-state index contributed by atoms with van der Waals surface area (Å²) in [6.45, 7) is 5.96. The van der Waals surface area contributed by atoms with Gasteiger partial charge in [0, 0.05) is 10.8 Å². The molecule has 6 nitrogen and oxygen atoms in total. The molecule has 1 aromatic rings. The molecule has 0 aromatic heterocycles. The van der Waals surface area contributed by atoms with Gasteiger partial charge >= 0.3 is 12.1 Å². The van der Waals surface area contributed by atoms with Crippen LogP contribution in [-0.4, -0.2) is 41.8 Å². The van der Waals surface area contributed by atoms with Crippen molar-refractivity contribution < 1.29 is 23.8 Å². The highest BCUT2D eigenvalue weighted by atomic mass is 127. The van der Waals surface area contributed by atoms with Crippen LogP contribution in [0.2, 0.25) is 0 Å². The van der Waals surface area contributed by atoms with Crippen LogP contribution in [0, 0.1) is 0 Å². The SMILES string of the molecule is COC(=O)C(Cc1ccc(OCCCI)cc1)NC(=O)OC(C)(C)C. The molecule has 0 aliphatic rings. The molecule has 1 unspecified atom stereocenters. The molecule has 0 fully saturated rings. The van der Waals surface area contributed by atoms with Gasteiger partial charge in [-0.1, -0.05) is 34.7 Å². The fourth-order valence-electron chi connectivity index (χ4n) is 1.99. The van der Waals surface area contributed by atoms with E-state index in [2.05, 4.69) is 27.9 Å². The maximum atomic E-state index is 11.9. The molecule has 0 radical (unpaired) electrons. The molecule has 0 bridgehead atoms. The molecule has 0 saturated carbocycles. The first-order valence-electron chi connectivity index (χ1n) is 8.10. The molecular formula is C18H26INO5. The van der Waals surface area contributed by atoms with Crippen molar-refractivity contribution in [3.05, 3.63) is 29.8 Å². The van der Waals surface area contributed by atoms with Gasteiger partial charge in [0.05, 0.1) is 13.7 Å². The van der Waals surface area contributed by atoms with Crippen LogP contribution >= 0.6 is 22.6 Å². The number of carbonyl (C=O) groups is 2. The van der Waals surface area contributed by atoms with E-state index in [1.807, 2.05) is 24.3 Å². The van der Waals surface area contributed by atoms with E-state index in [0.717, 1.165) is 22.2 Å². The number of hydrogen-bond acceptors (Lipinski definition) is 5. The number of methoxy groups -OCH3 is 1. The molecule has 7 heteroatoms. The lowest BCUT2D eigenvalue weighted by Crippen LogP contribution is -2.45. The van der Waals surface area contributed by atoms with Crippen LogP contribution < -0.4 is 10.1 Å². The summed E-state index contributed by atoms with van der Waals surface area (Å²) >= 11 is 2.31. The van der Waals surface area contributed by atoms with Crippen molar-refractivity contribution in [1.82, 2.24) is 5.32 Å². The Kier molecular flexibility index (Phi) is 9.02. The number of rotatable bonds is 8. The fraction of sp³-hybridized carbons (Fsp3) is 0.556. The lowest BCUT2D eigenvalue weighted by Gasteiger charge is -2.22. The summed E-state index contributed by atoms with van der Waals surface area (Å²) in [6.07, 6.45) is 0.647. The second kappa shape index (κ2) is 10.5. The van der Waals surface area contributed by atoms with Crippen molar-refractivity contribution in [2.45, 2.75) is 45.3 Å². The predicted molar refractivity (Wildman–Crippen MR) is 104 cm³/mol. The van der Waals surface area contributed by atoms with Crippen molar-refractivity contribution in [1.29, 1.82) is 0 Å². The maximum absolute atomic E-state index is 11.9. The maximum Gasteiger partial charge on any atom is 0.408 e. The van der Waals surface area contributed by atoms with Gasteiger partial charge in [0.15, 0.2) is 0 Å². The van der Waals surface area contributed by atoms with E-state index in [4.69, 9.17) is 14.2 Å². The van der Waals surface area contributed by atoms with Gasteiger partial charge in [0.2, 0.25) is 0 Å². The average Bonchev–Trinajstić information content (AvgIpc) is 2.53. The van der Waals surface area contributed by atoms with E-state index >= 15 is 0 Å². The molecule has 0 saturated heterocycles. The zero-order valence-corrected chi connectivity index (χ0v) is 17.3. The minimum absolute atomic E-state index is 0.306. The van der Waals surface area contributed by atoms with Gasteiger partial charge in [-0.05, 0) is 44.9 Å². The number of alkyl halides is 1. The first-order chi connectivity index (χ1) is 11.7. The average molecular weight is 463 g/mol. The third kappa shape index (κ3) is 8.94. The first-order valence-corrected chi connectivity index (χ1v) is 9.63. The zero-order valence-electron chi connectivity index (χ0n) is 15.1. The van der Waals surface area contributed by atoms with Gasteiger partial charge in [-0.3, -0.25) is 0 Å². The molecule has 1 rings (SSSR count). The second-order valence-electron chi connectivity index (χ2n) is 6.46. The minimum atomic E-state index is -0.814. The van der Waals surface area contributed by atoms with E-state index in [1.165, 1.54) is 7.11 Å². The lowest BCUT2D eigenvalue weighted by molar-refractivity contribution is -0.143. The normalized spacial score (nSPS) is 12.2. The highest BCUT2D eigenvalue weighted by Crippen LogP contribution is 2.15. The summed E-state index contributed by atoms with van der Waals surface area (Å²) in [5, 5.41) is 2.56. The molecular weight excluding hydrogens is 437 g/mol. The standard InChI is InChI=1S/C18H26INO5/c1-18(2,3)25-17(22)20-15(16(21)23-4)12-13-6-8-14(9-7-13)24-11-5-10-19/h6-9,15H,5,10-12H2,1-4H3,(H,20,22). The molecule has 1 amide bonds. The monoisotopic (exact) mass is 463 g/mol. The van der Waals surface area contributed by atoms with Crippen molar-refractivity contribution >= 4 is 34.7 Å². The number of esters is 1. The van der Waals surface area contributed by atoms with E-state index in [-0.39, 0.29) is 0 Å². The number of alkyl carbamates (subject to hydrolysis) is 1. The molecule has 0 heterocycles. The molecule has 1 aromatic carbocycles. The van der Waals surface area contributed by atoms with E-state index in [9.17, 15) is 9.59 Å². The Morgan fingerprint density at radius 1 is 1.20 bits per heavy atom. The Balaban J connectivity index is 2.68. The van der Waals surface area contributed by atoms with Crippen LogP contribution in [0.1, 0.15) is 32.8 Å². The van der Waals surface area contributed by atoms with Gasteiger partial charge in [-0.15, -0.1) is 0 Å². The number of carbonyl (C=O) groups excluding carboxylic acids is 2. The van der Waals surface area contributed by atoms with Gasteiger partial charge in [-0.25, -0.2) is 9.59 Å². The molecule has 0 aliphatic carbocycles. The van der Waals surface area contributed by atoms with Crippen LogP contribution in [0.3, 0.4) is 0 Å². The van der Waals surface area contributed by atoms with Crippen LogP contribution in [0.15, 0.2) is 24.3 Å². The van der Waals surface area contributed by atoms with E-state index < -0.39 is 23.7 Å². The van der Waals surface area contributed by atoms with Gasteiger partial charge in [0.1, 0.15) is 17.4 Å². The summed E-state index contributed by atoms with van der Waals surface area (Å²) in [5.74, 6) is 0.261. The smallest absolute Gasteiger partial charge is 0.408 e. The number of halogens is 1. The molecule has 1 atom stereocenters. The van der Waals surface area contributed by atoms with Crippen molar-refractivity contribution in [3.8, 4) is 5.75 Å². The zero-order chi connectivity index (χ0) is 18.9. The van der Waals surface area contributed by atoms with Crippen LogP contribution in [0.4, 0.5) is 4.79 Å². The third-order valence-corrected chi connectivity index (χ3v) is 3.85. The highest BCUT2D eigenvalue weighted by molar-refractivity contribution is 14.1. The number of nitrogens with one attached hydrogen (secondary N) is 1. The Hall–Kier alpha value is -1.51. The number of amides is 1. The topological polar surface area (TPSA) is 73.9 Å². The lowest BCUT2D eigenvalue weighted by atomic mass is 10.1. The molecule has 140 valence electrons. The molecule has 0 aliphatic heterocycles.